The Labute approximate surface area is 90.9 Å². The smallest absolute Gasteiger partial charge is 0.0482 e. The molecule has 0 radical (unpaired) electrons. The molecule has 0 aliphatic heterocycles. The van der Waals surface area contributed by atoms with Gasteiger partial charge < -0.3 is 5.73 Å². The third-order valence-electron chi connectivity index (χ3n) is 4.28. The minimum absolute atomic E-state index is 0.314. The van der Waals surface area contributed by atoms with Crippen LogP contribution in [0.2, 0.25) is 0 Å². The van der Waals surface area contributed by atoms with Crippen molar-refractivity contribution in [1.82, 2.24) is 4.98 Å². The van der Waals surface area contributed by atoms with E-state index in [1.807, 2.05) is 12.3 Å². The molecular formula is C13H18N2. The Morgan fingerprint density at radius 2 is 2.33 bits per heavy atom. The van der Waals surface area contributed by atoms with Crippen molar-refractivity contribution in [2.24, 2.45) is 11.1 Å². The Kier molecular flexibility index (Phi) is 1.90. The number of hydrogen-bond acceptors (Lipinski definition) is 2. The number of hydrogen-bond donors (Lipinski definition) is 1. The molecule has 1 saturated carbocycles. The highest BCUT2D eigenvalue weighted by molar-refractivity contribution is 5.31. The van der Waals surface area contributed by atoms with Crippen LogP contribution in [0.4, 0.5) is 0 Å². The fourth-order valence-electron chi connectivity index (χ4n) is 2.81. The number of nitrogens with zero attached hydrogens (tertiary/aromatic N) is 1. The maximum atomic E-state index is 6.39. The van der Waals surface area contributed by atoms with Crippen molar-refractivity contribution in [2.45, 2.75) is 44.6 Å². The van der Waals surface area contributed by atoms with Gasteiger partial charge in [0.05, 0.1) is 0 Å². The highest BCUT2D eigenvalue weighted by Crippen LogP contribution is 2.52. The number of aryl methyl sites for hydroxylation is 1. The molecule has 2 heteroatoms. The average Bonchev–Trinajstić information content (AvgIpc) is 2.87. The van der Waals surface area contributed by atoms with Crippen molar-refractivity contribution >= 4 is 0 Å². The fourth-order valence-corrected chi connectivity index (χ4v) is 2.81. The summed E-state index contributed by atoms with van der Waals surface area (Å²) in [6.07, 6.45) is 6.86. The maximum Gasteiger partial charge on any atom is 0.0482 e. The van der Waals surface area contributed by atoms with E-state index in [9.17, 15) is 0 Å². The zero-order valence-corrected chi connectivity index (χ0v) is 9.24. The Bertz CT molecular complexity index is 382. The van der Waals surface area contributed by atoms with Gasteiger partial charge in [0.15, 0.2) is 0 Å². The number of rotatable bonds is 2. The van der Waals surface area contributed by atoms with Crippen LogP contribution in [0.5, 0.6) is 0 Å². The van der Waals surface area contributed by atoms with Gasteiger partial charge in [-0.15, -0.1) is 0 Å². The first-order chi connectivity index (χ1) is 7.21. The third-order valence-corrected chi connectivity index (χ3v) is 4.28. The summed E-state index contributed by atoms with van der Waals surface area (Å²) >= 11 is 0. The third kappa shape index (κ3) is 1.39. The summed E-state index contributed by atoms with van der Waals surface area (Å²) in [4.78, 5) is 4.52. The molecule has 2 atom stereocenters. The van der Waals surface area contributed by atoms with E-state index in [2.05, 4.69) is 18.0 Å². The molecule has 2 unspecified atom stereocenters. The minimum atomic E-state index is 0.314. The molecule has 15 heavy (non-hydrogen) atoms. The van der Waals surface area contributed by atoms with Gasteiger partial charge in [0.25, 0.3) is 0 Å². The maximum absolute atomic E-state index is 6.39. The van der Waals surface area contributed by atoms with Crippen LogP contribution in [0.15, 0.2) is 18.3 Å². The highest BCUT2D eigenvalue weighted by Gasteiger charge is 2.47. The van der Waals surface area contributed by atoms with Gasteiger partial charge in [-0.05, 0) is 42.7 Å². The van der Waals surface area contributed by atoms with E-state index >= 15 is 0 Å². The molecular weight excluding hydrogens is 184 g/mol. The topological polar surface area (TPSA) is 38.9 Å². The van der Waals surface area contributed by atoms with Crippen LogP contribution in [-0.4, -0.2) is 11.0 Å². The molecule has 1 fully saturated rings. The van der Waals surface area contributed by atoms with Crippen molar-refractivity contribution in [3.8, 4) is 0 Å². The standard InChI is InChI=1S/C13H18N2/c1-13(6-7-13)12(14)10-5-4-9-3-2-8-15-11(9)10/h2-3,8,10,12H,4-7,14H2,1H3. The summed E-state index contributed by atoms with van der Waals surface area (Å²) < 4.78 is 0. The molecule has 1 aromatic heterocycles. The number of aromatic nitrogens is 1. The molecule has 80 valence electrons. The summed E-state index contributed by atoms with van der Waals surface area (Å²) in [6, 6.07) is 4.55. The molecule has 0 amide bonds. The normalized spacial score (nSPS) is 28.5. The summed E-state index contributed by atoms with van der Waals surface area (Å²) in [5.41, 5.74) is 9.49. The predicted octanol–water partition coefficient (Wildman–Crippen LogP) is 2.24. The monoisotopic (exact) mass is 202 g/mol. The lowest BCUT2D eigenvalue weighted by atomic mass is 9.86. The Balaban J connectivity index is 1.90. The van der Waals surface area contributed by atoms with Gasteiger partial charge in [0.1, 0.15) is 0 Å². The lowest BCUT2D eigenvalue weighted by Crippen LogP contribution is -2.35. The summed E-state index contributed by atoms with van der Waals surface area (Å²) in [5, 5.41) is 0. The second-order valence-corrected chi connectivity index (χ2v) is 5.37. The molecule has 0 spiro atoms. The molecule has 2 aliphatic rings. The van der Waals surface area contributed by atoms with Gasteiger partial charge in [-0.2, -0.15) is 0 Å². The van der Waals surface area contributed by atoms with Gasteiger partial charge in [-0.3, -0.25) is 4.98 Å². The Hall–Kier alpha value is -0.890. The number of fused-ring (bicyclic) bond motifs is 1. The molecule has 1 heterocycles. The van der Waals surface area contributed by atoms with Crippen LogP contribution >= 0.6 is 0 Å². The largest absolute Gasteiger partial charge is 0.327 e. The van der Waals surface area contributed by atoms with Crippen molar-refractivity contribution in [3.05, 3.63) is 29.6 Å². The van der Waals surface area contributed by atoms with Crippen LogP contribution < -0.4 is 5.73 Å². The van der Waals surface area contributed by atoms with E-state index in [1.54, 1.807) is 0 Å². The van der Waals surface area contributed by atoms with E-state index in [4.69, 9.17) is 5.73 Å². The molecule has 0 bridgehead atoms. The highest BCUT2D eigenvalue weighted by atomic mass is 14.8. The molecule has 2 nitrogen and oxygen atoms in total. The number of pyridine rings is 1. The molecule has 0 saturated heterocycles. The van der Waals surface area contributed by atoms with Crippen molar-refractivity contribution < 1.29 is 0 Å². The Morgan fingerprint density at radius 3 is 3.07 bits per heavy atom. The first-order valence-corrected chi connectivity index (χ1v) is 5.90. The van der Waals surface area contributed by atoms with Crippen molar-refractivity contribution in [1.29, 1.82) is 0 Å². The summed E-state index contributed by atoms with van der Waals surface area (Å²) in [7, 11) is 0. The fraction of sp³-hybridized carbons (Fsp3) is 0.615. The van der Waals surface area contributed by atoms with Crippen molar-refractivity contribution in [2.75, 3.05) is 0 Å². The lowest BCUT2D eigenvalue weighted by Gasteiger charge is -2.25. The zero-order valence-electron chi connectivity index (χ0n) is 9.24. The second-order valence-electron chi connectivity index (χ2n) is 5.37. The molecule has 0 aromatic carbocycles. The van der Waals surface area contributed by atoms with Gasteiger partial charge in [0.2, 0.25) is 0 Å². The molecule has 2 N–H and O–H groups in total. The van der Waals surface area contributed by atoms with Crippen LogP contribution in [0, 0.1) is 5.41 Å². The van der Waals surface area contributed by atoms with E-state index in [0.29, 0.717) is 17.4 Å². The molecule has 2 aliphatic carbocycles. The predicted molar refractivity (Wildman–Crippen MR) is 60.6 cm³/mol. The van der Waals surface area contributed by atoms with Gasteiger partial charge in [0, 0.05) is 23.9 Å². The SMILES string of the molecule is CC1(C(N)C2CCc3cccnc32)CC1. The van der Waals surface area contributed by atoms with Crippen LogP contribution in [0.25, 0.3) is 0 Å². The average molecular weight is 202 g/mol. The summed E-state index contributed by atoms with van der Waals surface area (Å²) in [5.74, 6) is 0.508. The van der Waals surface area contributed by atoms with Gasteiger partial charge >= 0.3 is 0 Å². The Morgan fingerprint density at radius 1 is 1.53 bits per heavy atom. The summed E-state index contributed by atoms with van der Waals surface area (Å²) in [6.45, 7) is 2.32. The first-order valence-electron chi connectivity index (χ1n) is 5.90. The van der Waals surface area contributed by atoms with Gasteiger partial charge in [-0.1, -0.05) is 13.0 Å². The van der Waals surface area contributed by atoms with E-state index in [0.717, 1.165) is 6.42 Å². The zero-order chi connectivity index (χ0) is 10.5. The van der Waals surface area contributed by atoms with Crippen LogP contribution in [0.1, 0.15) is 43.4 Å². The quantitative estimate of drug-likeness (QED) is 0.798. The molecule has 3 rings (SSSR count). The molecule has 1 aromatic rings. The number of nitrogens with two attached hydrogens (primary N) is 1. The minimum Gasteiger partial charge on any atom is -0.327 e. The lowest BCUT2D eigenvalue weighted by molar-refractivity contribution is 0.366. The van der Waals surface area contributed by atoms with E-state index in [1.165, 1.54) is 30.5 Å². The van der Waals surface area contributed by atoms with Crippen molar-refractivity contribution in [3.63, 3.8) is 0 Å². The van der Waals surface area contributed by atoms with Gasteiger partial charge in [-0.25, -0.2) is 0 Å². The van der Waals surface area contributed by atoms with Crippen LogP contribution in [0.3, 0.4) is 0 Å². The first kappa shape index (κ1) is 9.34. The van der Waals surface area contributed by atoms with E-state index < -0.39 is 0 Å². The van der Waals surface area contributed by atoms with Crippen LogP contribution in [-0.2, 0) is 6.42 Å². The second kappa shape index (κ2) is 3.05. The van der Waals surface area contributed by atoms with E-state index in [-0.39, 0.29) is 0 Å².